The highest BCUT2D eigenvalue weighted by Gasteiger charge is 2.27. The molecule has 0 amide bonds. The van der Waals surface area contributed by atoms with Gasteiger partial charge >= 0.3 is 19.8 Å². The fourth-order valence-electron chi connectivity index (χ4n) is 10.8. The van der Waals surface area contributed by atoms with Crippen molar-refractivity contribution in [3.8, 4) is 0 Å². The van der Waals surface area contributed by atoms with Gasteiger partial charge in [-0.15, -0.1) is 0 Å². The van der Waals surface area contributed by atoms with E-state index in [0.717, 1.165) is 154 Å². The van der Waals surface area contributed by atoms with Crippen molar-refractivity contribution in [2.45, 2.75) is 328 Å². The first-order valence-corrected chi connectivity index (χ1v) is 42.0. The molecule has 9 nitrogen and oxygen atoms in total. The number of hydrogen-bond donors (Lipinski definition) is 1. The second-order valence-electron chi connectivity index (χ2n) is 27.7. The minimum atomic E-state index is -4.41. The van der Waals surface area contributed by atoms with Gasteiger partial charge in [-0.3, -0.25) is 18.6 Å². The molecule has 0 aromatic carbocycles. The van der Waals surface area contributed by atoms with E-state index in [2.05, 4.69) is 196 Å². The zero-order valence-electron chi connectivity index (χ0n) is 64.9. The van der Waals surface area contributed by atoms with Crippen LogP contribution in [0, 0.1) is 0 Å². The summed E-state index contributed by atoms with van der Waals surface area (Å²) in [5.74, 6) is -0.814. The van der Waals surface area contributed by atoms with Crippen LogP contribution in [0.2, 0.25) is 0 Å². The summed E-state index contributed by atoms with van der Waals surface area (Å²) in [6.45, 7) is 4.20. The smallest absolute Gasteiger partial charge is 0.462 e. The Kier molecular flexibility index (Phi) is 74.4. The standard InChI is InChI=1S/C90H150NO8P/c1-6-8-10-12-14-16-18-20-22-24-26-28-30-32-34-36-38-40-42-44-45-47-48-50-52-54-56-58-60-62-64-66-68-70-72-74-76-78-80-82-89(92)96-86-88(87-98-100(94,95)97-85-84-91(3,4)5)99-90(93)83-81-79-77-75-73-71-69-67-65-63-61-59-57-55-53-51-49-46-43-41-39-37-35-33-31-29-27-25-23-21-19-17-15-13-11-9-7-2/h8-11,14-17,20-23,26-29,32-35,39,41,46,49,53,55,59,61,65,67,88H,6-7,12-13,18-19,24-25,30-31,36-38,40,42-45,47-48,50-52,54,56-58,60,62-64,66,68-87H2,1-5H3/p+1/b10-8-,11-9-,16-14-,17-15-,22-20-,23-21-,28-26-,29-27-,34-32-,35-33-,41-39-,49-46-,55-53-,61-59-,67-65-. The maximum absolute atomic E-state index is 12.9. The summed E-state index contributed by atoms with van der Waals surface area (Å²) in [4.78, 5) is 36.0. The van der Waals surface area contributed by atoms with Crippen LogP contribution in [0.25, 0.3) is 0 Å². The summed E-state index contributed by atoms with van der Waals surface area (Å²) >= 11 is 0. The van der Waals surface area contributed by atoms with Crippen molar-refractivity contribution in [2.24, 2.45) is 0 Å². The normalized spacial score (nSPS) is 14.0. The van der Waals surface area contributed by atoms with Gasteiger partial charge in [-0.05, 0) is 135 Å². The van der Waals surface area contributed by atoms with Crippen LogP contribution in [0.15, 0.2) is 182 Å². The van der Waals surface area contributed by atoms with E-state index < -0.39 is 26.5 Å². The Hall–Kier alpha value is -4.89. The molecular weight excluding hydrogens is 1250 g/mol. The predicted molar refractivity (Wildman–Crippen MR) is 436 cm³/mol. The number of allylic oxidation sites excluding steroid dienone is 30. The number of esters is 2. The molecule has 0 aliphatic rings. The van der Waals surface area contributed by atoms with Gasteiger partial charge in [-0.25, -0.2) is 4.57 Å². The number of hydrogen-bond acceptors (Lipinski definition) is 7. The predicted octanol–water partition coefficient (Wildman–Crippen LogP) is 27.4. The molecule has 100 heavy (non-hydrogen) atoms. The summed E-state index contributed by atoms with van der Waals surface area (Å²) in [6.07, 6.45) is 120. The van der Waals surface area contributed by atoms with Gasteiger partial charge in [0, 0.05) is 12.8 Å². The quantitative estimate of drug-likeness (QED) is 0.0211. The highest BCUT2D eigenvalue weighted by molar-refractivity contribution is 7.47. The Morgan fingerprint density at radius 1 is 0.310 bits per heavy atom. The number of ether oxygens (including phenoxy) is 2. The average Bonchev–Trinajstić information content (AvgIpc) is 1.02. The van der Waals surface area contributed by atoms with Crippen molar-refractivity contribution < 1.29 is 42.1 Å². The maximum atomic E-state index is 12.9. The van der Waals surface area contributed by atoms with Gasteiger partial charge in [-0.2, -0.15) is 0 Å². The lowest BCUT2D eigenvalue weighted by Gasteiger charge is -2.24. The summed E-state index contributed by atoms with van der Waals surface area (Å²) < 4.78 is 34.8. The number of phosphoric ester groups is 1. The first-order chi connectivity index (χ1) is 49.0. The minimum absolute atomic E-state index is 0.0214. The monoisotopic (exact) mass is 1410 g/mol. The van der Waals surface area contributed by atoms with Crippen LogP contribution in [-0.4, -0.2) is 74.9 Å². The van der Waals surface area contributed by atoms with Gasteiger partial charge in [-0.1, -0.05) is 357 Å². The second-order valence-corrected chi connectivity index (χ2v) is 29.1. The summed E-state index contributed by atoms with van der Waals surface area (Å²) in [6, 6.07) is 0. The topological polar surface area (TPSA) is 108 Å². The van der Waals surface area contributed by atoms with E-state index in [1.807, 2.05) is 21.1 Å². The maximum Gasteiger partial charge on any atom is 0.472 e. The molecule has 0 aromatic heterocycles. The number of phosphoric acid groups is 1. The Morgan fingerprint density at radius 3 is 0.800 bits per heavy atom. The number of likely N-dealkylation sites (N-methyl/N-ethyl adjacent to an activating group) is 1. The van der Waals surface area contributed by atoms with E-state index in [1.54, 1.807) is 0 Å². The van der Waals surface area contributed by atoms with Crippen LogP contribution in [0.3, 0.4) is 0 Å². The van der Waals surface area contributed by atoms with E-state index in [0.29, 0.717) is 17.4 Å². The SMILES string of the molecule is CC/C=C\C/C=C\C/C=C\C/C=C\C/C=C\C/C=C\C/C=C\C/C=C\C/C=C\C/C=C\CCCCCCCCC(=O)OC(COC(=O)CCCCCCCCCCCCCCCCCCCCCCCCC/C=C\C/C=C\C/C=C\C/C=C\C/C=C\CC)COP(=O)(O)OCC[N+](C)(C)C. The molecule has 0 aliphatic heterocycles. The molecule has 0 spiro atoms. The van der Waals surface area contributed by atoms with Crippen LogP contribution in [0.1, 0.15) is 322 Å². The van der Waals surface area contributed by atoms with Crippen molar-refractivity contribution in [1.82, 2.24) is 0 Å². The van der Waals surface area contributed by atoms with Gasteiger partial charge in [0.1, 0.15) is 19.8 Å². The third-order valence-electron chi connectivity index (χ3n) is 16.9. The molecule has 10 heteroatoms. The zero-order valence-corrected chi connectivity index (χ0v) is 65.8. The van der Waals surface area contributed by atoms with E-state index in [9.17, 15) is 19.0 Å². The molecule has 0 saturated heterocycles. The highest BCUT2D eigenvalue weighted by atomic mass is 31.2. The second kappa shape index (κ2) is 78.3. The van der Waals surface area contributed by atoms with Crippen LogP contribution in [0.5, 0.6) is 0 Å². The van der Waals surface area contributed by atoms with Gasteiger partial charge < -0.3 is 18.9 Å². The Balaban J connectivity index is 4.03. The minimum Gasteiger partial charge on any atom is -0.462 e. The van der Waals surface area contributed by atoms with E-state index in [1.165, 1.54) is 135 Å². The molecule has 0 bridgehead atoms. The number of nitrogens with zero attached hydrogens (tertiary/aromatic N) is 1. The summed E-state index contributed by atoms with van der Waals surface area (Å²) in [5.41, 5.74) is 0. The van der Waals surface area contributed by atoms with Crippen molar-refractivity contribution in [1.29, 1.82) is 0 Å². The number of rotatable bonds is 73. The summed E-state index contributed by atoms with van der Waals surface area (Å²) in [5, 5.41) is 0. The lowest BCUT2D eigenvalue weighted by atomic mass is 10.0. The largest absolute Gasteiger partial charge is 0.472 e. The van der Waals surface area contributed by atoms with Gasteiger partial charge in [0.25, 0.3) is 0 Å². The van der Waals surface area contributed by atoms with E-state index >= 15 is 0 Å². The molecular formula is C90H151NO8P+. The Labute approximate surface area is 616 Å². The number of carbonyl (C=O) groups is 2. The number of quaternary nitrogens is 1. The van der Waals surface area contributed by atoms with Crippen molar-refractivity contribution in [3.63, 3.8) is 0 Å². The molecule has 0 aliphatic carbocycles. The molecule has 568 valence electrons. The van der Waals surface area contributed by atoms with Gasteiger partial charge in [0.2, 0.25) is 0 Å². The molecule has 0 fully saturated rings. The third kappa shape index (κ3) is 82.1. The van der Waals surface area contributed by atoms with Crippen molar-refractivity contribution in [3.05, 3.63) is 182 Å². The van der Waals surface area contributed by atoms with E-state index in [-0.39, 0.29) is 32.0 Å². The molecule has 0 saturated carbocycles. The zero-order chi connectivity index (χ0) is 72.5. The van der Waals surface area contributed by atoms with Crippen LogP contribution >= 0.6 is 7.82 Å². The molecule has 2 atom stereocenters. The first-order valence-electron chi connectivity index (χ1n) is 40.5. The number of carbonyl (C=O) groups excluding carboxylic acids is 2. The third-order valence-corrected chi connectivity index (χ3v) is 17.9. The first kappa shape index (κ1) is 95.1. The fraction of sp³-hybridized carbons (Fsp3) is 0.644. The molecule has 0 rings (SSSR count). The van der Waals surface area contributed by atoms with Gasteiger partial charge in [0.15, 0.2) is 6.10 Å². The van der Waals surface area contributed by atoms with Crippen LogP contribution in [-0.2, 0) is 32.7 Å². The molecule has 1 N–H and O–H groups in total. The average molecular weight is 1410 g/mol. The molecule has 2 unspecified atom stereocenters. The number of unbranched alkanes of at least 4 members (excludes halogenated alkanes) is 29. The van der Waals surface area contributed by atoms with Gasteiger partial charge in [0.05, 0.1) is 27.7 Å². The Morgan fingerprint density at radius 2 is 0.540 bits per heavy atom. The Bertz CT molecular complexity index is 2350. The van der Waals surface area contributed by atoms with E-state index in [4.69, 9.17) is 18.5 Å². The molecule has 0 heterocycles. The fourth-order valence-corrected chi connectivity index (χ4v) is 11.6. The molecule has 0 aromatic rings. The lowest BCUT2D eigenvalue weighted by Crippen LogP contribution is -2.37. The summed E-state index contributed by atoms with van der Waals surface area (Å²) in [7, 11) is 1.46. The van der Waals surface area contributed by atoms with Crippen LogP contribution < -0.4 is 0 Å². The lowest BCUT2D eigenvalue weighted by molar-refractivity contribution is -0.870. The van der Waals surface area contributed by atoms with Crippen LogP contribution in [0.4, 0.5) is 0 Å². The van der Waals surface area contributed by atoms with Crippen molar-refractivity contribution in [2.75, 3.05) is 47.5 Å². The van der Waals surface area contributed by atoms with Crippen molar-refractivity contribution >= 4 is 19.8 Å². The highest BCUT2D eigenvalue weighted by Crippen LogP contribution is 2.43. The molecule has 0 radical (unpaired) electrons.